The van der Waals surface area contributed by atoms with Crippen LogP contribution in [0.5, 0.6) is 0 Å². The number of aliphatic imine (C=N–C) groups is 1. The molecule has 0 saturated carbocycles. The van der Waals surface area contributed by atoms with Crippen LogP contribution in [0.2, 0.25) is 0 Å². The van der Waals surface area contributed by atoms with Gasteiger partial charge in [-0.15, -0.1) is 24.0 Å². The first-order valence-electron chi connectivity index (χ1n) is 6.72. The molecule has 0 atom stereocenters. The van der Waals surface area contributed by atoms with E-state index in [0.29, 0.717) is 6.54 Å². The van der Waals surface area contributed by atoms with Gasteiger partial charge in [0.25, 0.3) is 0 Å². The van der Waals surface area contributed by atoms with Gasteiger partial charge in [0.15, 0.2) is 5.96 Å². The first-order valence-corrected chi connectivity index (χ1v) is 6.72. The zero-order chi connectivity index (χ0) is 14.2. The molecule has 1 heterocycles. The Hall–Kier alpha value is -1.57. The third-order valence-electron chi connectivity index (χ3n) is 2.84. The summed E-state index contributed by atoms with van der Waals surface area (Å²) < 4.78 is 4.81. The van der Waals surface area contributed by atoms with Gasteiger partial charge in [-0.25, -0.2) is 4.99 Å². The maximum atomic E-state index is 4.81. The number of hydrogen-bond acceptors (Lipinski definition) is 3. The Kier molecular flexibility index (Phi) is 7.81. The summed E-state index contributed by atoms with van der Waals surface area (Å²) in [6.45, 7) is 4.21. The molecule has 0 saturated heterocycles. The third kappa shape index (κ3) is 5.74. The highest BCUT2D eigenvalue weighted by molar-refractivity contribution is 14.0. The number of rotatable bonds is 5. The van der Waals surface area contributed by atoms with E-state index in [9.17, 15) is 0 Å². The molecule has 0 bridgehead atoms. The van der Waals surface area contributed by atoms with Crippen molar-refractivity contribution in [2.45, 2.75) is 20.0 Å². The zero-order valence-electron chi connectivity index (χ0n) is 12.3. The number of aromatic nitrogens is 1. The summed E-state index contributed by atoms with van der Waals surface area (Å²) in [5, 5.41) is 7.15. The molecule has 0 amide bonds. The SMILES string of the molecule is CCNC(=NCc1ccon1)N(C)Cc1ccccc1.I. The second-order valence-electron chi connectivity index (χ2n) is 4.50. The number of benzene rings is 1. The van der Waals surface area contributed by atoms with E-state index in [0.717, 1.165) is 24.7 Å². The van der Waals surface area contributed by atoms with Crippen LogP contribution in [0.15, 0.2) is 52.2 Å². The van der Waals surface area contributed by atoms with Crippen LogP contribution in [0.1, 0.15) is 18.2 Å². The van der Waals surface area contributed by atoms with Crippen LogP contribution < -0.4 is 5.32 Å². The summed E-state index contributed by atoms with van der Waals surface area (Å²) in [6, 6.07) is 12.2. The topological polar surface area (TPSA) is 53.7 Å². The molecule has 0 unspecified atom stereocenters. The Bertz CT molecular complexity index is 528. The lowest BCUT2D eigenvalue weighted by atomic mass is 10.2. The summed E-state index contributed by atoms with van der Waals surface area (Å²) in [5.41, 5.74) is 2.08. The lowest BCUT2D eigenvalue weighted by Crippen LogP contribution is -2.38. The van der Waals surface area contributed by atoms with E-state index >= 15 is 0 Å². The van der Waals surface area contributed by atoms with Gasteiger partial charge in [0.05, 0.1) is 6.54 Å². The summed E-state index contributed by atoms with van der Waals surface area (Å²) in [7, 11) is 2.03. The first-order chi connectivity index (χ1) is 9.79. The van der Waals surface area contributed by atoms with Crippen LogP contribution in [0.3, 0.4) is 0 Å². The van der Waals surface area contributed by atoms with Crippen molar-refractivity contribution in [3.63, 3.8) is 0 Å². The summed E-state index contributed by atoms with van der Waals surface area (Å²) >= 11 is 0. The van der Waals surface area contributed by atoms with Gasteiger partial charge < -0.3 is 14.7 Å². The molecule has 0 spiro atoms. The standard InChI is InChI=1S/C15H20N4O.HI/c1-3-16-15(17-11-14-9-10-20-18-14)19(2)12-13-7-5-4-6-8-13;/h4-10H,3,11-12H2,1-2H3,(H,16,17);1H. The van der Waals surface area contributed by atoms with Crippen LogP contribution in [-0.4, -0.2) is 29.6 Å². The van der Waals surface area contributed by atoms with Gasteiger partial charge >= 0.3 is 0 Å². The van der Waals surface area contributed by atoms with Crippen LogP contribution in [0.25, 0.3) is 0 Å². The van der Waals surface area contributed by atoms with Crippen LogP contribution in [-0.2, 0) is 13.1 Å². The quantitative estimate of drug-likeness (QED) is 0.477. The van der Waals surface area contributed by atoms with Crippen molar-refractivity contribution < 1.29 is 4.52 Å². The Morgan fingerprint density at radius 2 is 2.05 bits per heavy atom. The molecule has 1 N–H and O–H groups in total. The van der Waals surface area contributed by atoms with Crippen LogP contribution in [0.4, 0.5) is 0 Å². The third-order valence-corrected chi connectivity index (χ3v) is 2.84. The van der Waals surface area contributed by atoms with Crippen molar-refractivity contribution in [3.05, 3.63) is 53.9 Å². The molecule has 21 heavy (non-hydrogen) atoms. The minimum atomic E-state index is 0. The Morgan fingerprint density at radius 1 is 1.29 bits per heavy atom. The predicted octanol–water partition coefficient (Wildman–Crippen LogP) is 2.89. The lowest BCUT2D eigenvalue weighted by Gasteiger charge is -2.22. The Labute approximate surface area is 142 Å². The van der Waals surface area contributed by atoms with E-state index in [4.69, 9.17) is 4.52 Å². The first kappa shape index (κ1) is 17.5. The van der Waals surface area contributed by atoms with Gasteiger partial charge in [-0.3, -0.25) is 0 Å². The summed E-state index contributed by atoms with van der Waals surface area (Å²) in [5.74, 6) is 0.861. The van der Waals surface area contributed by atoms with Crippen LogP contribution >= 0.6 is 24.0 Å². The van der Waals surface area contributed by atoms with Crippen molar-refractivity contribution in [3.8, 4) is 0 Å². The van der Waals surface area contributed by atoms with E-state index in [-0.39, 0.29) is 24.0 Å². The highest BCUT2D eigenvalue weighted by atomic mass is 127. The van der Waals surface area contributed by atoms with E-state index in [2.05, 4.69) is 39.4 Å². The Balaban J connectivity index is 0.00000220. The molecule has 1 aromatic carbocycles. The van der Waals surface area contributed by atoms with Crippen LogP contribution in [0, 0.1) is 0 Å². The molecule has 0 aliphatic rings. The average molecular weight is 400 g/mol. The van der Waals surface area contributed by atoms with E-state index in [1.807, 2.05) is 31.3 Å². The summed E-state index contributed by atoms with van der Waals surface area (Å²) in [4.78, 5) is 6.66. The van der Waals surface area contributed by atoms with Gasteiger partial charge in [-0.1, -0.05) is 35.5 Å². The minimum absolute atomic E-state index is 0. The largest absolute Gasteiger partial charge is 0.364 e. The molecule has 0 fully saturated rings. The Morgan fingerprint density at radius 3 is 2.67 bits per heavy atom. The molecule has 0 aliphatic carbocycles. The van der Waals surface area contributed by atoms with Crippen molar-refractivity contribution in [1.29, 1.82) is 0 Å². The second kappa shape index (κ2) is 9.38. The van der Waals surface area contributed by atoms with Crippen molar-refractivity contribution in [2.75, 3.05) is 13.6 Å². The van der Waals surface area contributed by atoms with Gasteiger partial charge in [0, 0.05) is 26.2 Å². The number of halogens is 1. The molecule has 6 heteroatoms. The fourth-order valence-electron chi connectivity index (χ4n) is 1.88. The molecule has 5 nitrogen and oxygen atoms in total. The van der Waals surface area contributed by atoms with Crippen molar-refractivity contribution >= 4 is 29.9 Å². The average Bonchev–Trinajstić information content (AvgIpc) is 2.97. The lowest BCUT2D eigenvalue weighted by molar-refractivity contribution is 0.411. The fourth-order valence-corrected chi connectivity index (χ4v) is 1.88. The minimum Gasteiger partial charge on any atom is -0.364 e. The maximum Gasteiger partial charge on any atom is 0.194 e. The molecular weight excluding hydrogens is 379 g/mol. The number of guanidine groups is 1. The van der Waals surface area contributed by atoms with E-state index in [1.165, 1.54) is 5.56 Å². The van der Waals surface area contributed by atoms with Crippen molar-refractivity contribution in [1.82, 2.24) is 15.4 Å². The maximum absolute atomic E-state index is 4.81. The molecular formula is C15H21IN4O. The number of nitrogens with zero attached hydrogens (tertiary/aromatic N) is 3. The fraction of sp³-hybridized carbons (Fsp3) is 0.333. The number of hydrogen-bond donors (Lipinski definition) is 1. The smallest absolute Gasteiger partial charge is 0.194 e. The normalized spacial score (nSPS) is 10.9. The molecule has 2 rings (SSSR count). The van der Waals surface area contributed by atoms with Gasteiger partial charge in [0.1, 0.15) is 12.0 Å². The monoisotopic (exact) mass is 400 g/mol. The molecule has 0 radical (unpaired) electrons. The van der Waals surface area contributed by atoms with E-state index < -0.39 is 0 Å². The van der Waals surface area contributed by atoms with E-state index in [1.54, 1.807) is 6.26 Å². The zero-order valence-corrected chi connectivity index (χ0v) is 14.7. The molecule has 2 aromatic rings. The highest BCUT2D eigenvalue weighted by Crippen LogP contribution is 2.04. The highest BCUT2D eigenvalue weighted by Gasteiger charge is 2.06. The molecule has 114 valence electrons. The number of nitrogens with one attached hydrogen (secondary N) is 1. The van der Waals surface area contributed by atoms with Gasteiger partial charge in [0.2, 0.25) is 0 Å². The molecule has 1 aromatic heterocycles. The van der Waals surface area contributed by atoms with Gasteiger partial charge in [-0.2, -0.15) is 0 Å². The second-order valence-corrected chi connectivity index (χ2v) is 4.50. The summed E-state index contributed by atoms with van der Waals surface area (Å²) in [6.07, 6.45) is 1.56. The van der Waals surface area contributed by atoms with Gasteiger partial charge in [-0.05, 0) is 12.5 Å². The molecule has 0 aliphatic heterocycles. The van der Waals surface area contributed by atoms with Crippen molar-refractivity contribution in [2.24, 2.45) is 4.99 Å². The predicted molar refractivity (Wildman–Crippen MR) is 94.6 cm³/mol.